The van der Waals surface area contributed by atoms with Crippen LogP contribution < -0.4 is 0 Å². The molecule has 0 N–H and O–H groups in total. The molecule has 0 unspecified atom stereocenters. The van der Waals surface area contributed by atoms with Gasteiger partial charge in [0.1, 0.15) is 0 Å². The highest BCUT2D eigenvalue weighted by atomic mass is 14.9. The van der Waals surface area contributed by atoms with E-state index in [1.807, 2.05) is 0 Å². The van der Waals surface area contributed by atoms with Crippen LogP contribution in [0.3, 0.4) is 0 Å². The van der Waals surface area contributed by atoms with Crippen molar-refractivity contribution in [3.8, 4) is 0 Å². The van der Waals surface area contributed by atoms with E-state index in [9.17, 15) is 0 Å². The average Bonchev–Trinajstić information content (AvgIpc) is 3.22. The minimum atomic E-state index is 1.22. The lowest BCUT2D eigenvalue weighted by Crippen LogP contribution is -1.84. The molecule has 0 spiro atoms. The Morgan fingerprint density at radius 2 is 0.857 bits per heavy atom. The molecule has 1 rings (SSSR count). The smallest absolute Gasteiger partial charge is 0.00823 e. The Morgan fingerprint density at radius 3 is 1.25 bits per heavy atom. The van der Waals surface area contributed by atoms with Gasteiger partial charge in [0.05, 0.1) is 0 Å². The Hall–Kier alpha value is -0.980. The van der Waals surface area contributed by atoms with Crippen LogP contribution >= 0.6 is 0 Å². The number of hydrogen-bond acceptors (Lipinski definition) is 0. The molecule has 0 aliphatic heterocycles. The molecule has 1 heterocycles. The highest BCUT2D eigenvalue weighted by Gasteiger charge is 1.95. The predicted octanol–water partition coefficient (Wildman–Crippen LogP) is 9.78. The van der Waals surface area contributed by atoms with Gasteiger partial charge < -0.3 is 4.57 Å². The van der Waals surface area contributed by atoms with Crippen LogP contribution in [0.4, 0.5) is 0 Å². The first-order valence-electron chi connectivity index (χ1n) is 12.7. The summed E-state index contributed by atoms with van der Waals surface area (Å²) in [6.45, 7) is 2.30. The summed E-state index contributed by atoms with van der Waals surface area (Å²) in [5, 5.41) is 0. The summed E-state index contributed by atoms with van der Waals surface area (Å²) in [5.74, 6) is 0. The highest BCUT2D eigenvalue weighted by molar-refractivity contribution is 5.22. The number of unbranched alkanes of at least 4 members (excludes halogenated alkanes) is 19. The van der Waals surface area contributed by atoms with Gasteiger partial charge in [-0.25, -0.2) is 0 Å². The predicted molar refractivity (Wildman–Crippen MR) is 128 cm³/mol. The molecule has 0 aromatic carbocycles. The van der Waals surface area contributed by atoms with E-state index in [1.54, 1.807) is 0 Å². The summed E-state index contributed by atoms with van der Waals surface area (Å²) >= 11 is 0. The quantitative estimate of drug-likeness (QED) is 0.185. The fourth-order valence-electron chi connectivity index (χ4n) is 3.98. The fourth-order valence-corrected chi connectivity index (χ4v) is 3.98. The number of rotatable bonds is 21. The van der Waals surface area contributed by atoms with E-state index < -0.39 is 0 Å². The van der Waals surface area contributed by atoms with Gasteiger partial charge in [-0.2, -0.15) is 0 Å². The van der Waals surface area contributed by atoms with Gasteiger partial charge in [-0.3, -0.25) is 0 Å². The second-order valence-electron chi connectivity index (χ2n) is 8.67. The molecule has 0 aliphatic carbocycles. The van der Waals surface area contributed by atoms with E-state index in [2.05, 4.69) is 48.3 Å². The maximum atomic E-state index is 2.30. The lowest BCUT2D eigenvalue weighted by Gasteiger charge is -2.03. The number of allylic oxidation sites excluding steroid dienone is 1. The third-order valence-corrected chi connectivity index (χ3v) is 5.88. The van der Waals surface area contributed by atoms with Crippen LogP contribution in [0.15, 0.2) is 30.6 Å². The van der Waals surface area contributed by atoms with Crippen molar-refractivity contribution in [1.82, 2.24) is 4.57 Å². The van der Waals surface area contributed by atoms with Crippen molar-refractivity contribution in [1.29, 1.82) is 0 Å². The molecule has 0 saturated heterocycles. The van der Waals surface area contributed by atoms with Gasteiger partial charge in [0.15, 0.2) is 0 Å². The molecule has 1 aromatic heterocycles. The van der Waals surface area contributed by atoms with Gasteiger partial charge in [0, 0.05) is 18.6 Å². The monoisotopic (exact) mass is 387 g/mol. The van der Waals surface area contributed by atoms with Crippen LogP contribution in [0.1, 0.15) is 135 Å². The zero-order valence-corrected chi connectivity index (χ0v) is 19.1. The molecule has 28 heavy (non-hydrogen) atoms. The lowest BCUT2D eigenvalue weighted by molar-refractivity contribution is 0.523. The lowest BCUT2D eigenvalue weighted by atomic mass is 10.0. The standard InChI is InChI=1S/C27H49N/c1-2-3-4-5-6-7-8-9-10-11-12-13-14-15-16-17-18-19-20-21-22-25-28-26-23-24-27-28/h22-27H,2-21H2,1H3. The summed E-state index contributed by atoms with van der Waals surface area (Å²) in [5.41, 5.74) is 0. The second-order valence-corrected chi connectivity index (χ2v) is 8.67. The molecule has 0 fully saturated rings. The number of nitrogens with zero attached hydrogens (tertiary/aromatic N) is 1. The summed E-state index contributed by atoms with van der Waals surface area (Å²) < 4.78 is 2.12. The minimum Gasteiger partial charge on any atom is -0.331 e. The zero-order valence-electron chi connectivity index (χ0n) is 19.1. The highest BCUT2D eigenvalue weighted by Crippen LogP contribution is 2.14. The molecule has 0 aliphatic rings. The normalized spacial score (nSPS) is 11.6. The molecule has 0 atom stereocenters. The van der Waals surface area contributed by atoms with E-state index in [0.29, 0.717) is 0 Å². The SMILES string of the molecule is CCCCCCCCCCCCCCCCCCCCCC=Cn1cccc1. The maximum absolute atomic E-state index is 2.30. The van der Waals surface area contributed by atoms with Crippen molar-refractivity contribution >= 4 is 6.20 Å². The third-order valence-electron chi connectivity index (χ3n) is 5.88. The summed E-state index contributed by atoms with van der Waals surface area (Å²) in [6.07, 6.45) is 37.4. The van der Waals surface area contributed by atoms with E-state index in [1.165, 1.54) is 128 Å². The van der Waals surface area contributed by atoms with Gasteiger partial charge >= 0.3 is 0 Å². The van der Waals surface area contributed by atoms with Crippen LogP contribution in [0.5, 0.6) is 0 Å². The van der Waals surface area contributed by atoms with Crippen molar-refractivity contribution in [2.45, 2.75) is 135 Å². The summed E-state index contributed by atoms with van der Waals surface area (Å²) in [6, 6.07) is 4.14. The zero-order chi connectivity index (χ0) is 20.0. The van der Waals surface area contributed by atoms with Crippen LogP contribution in [0.25, 0.3) is 6.20 Å². The first-order valence-corrected chi connectivity index (χ1v) is 12.7. The first kappa shape index (κ1) is 25.1. The first-order chi connectivity index (χ1) is 13.9. The molecule has 1 nitrogen and oxygen atoms in total. The van der Waals surface area contributed by atoms with Crippen molar-refractivity contribution in [3.05, 3.63) is 30.6 Å². The third kappa shape index (κ3) is 17.1. The molecule has 0 radical (unpaired) electrons. The van der Waals surface area contributed by atoms with Gasteiger partial charge in [0.25, 0.3) is 0 Å². The Kier molecular flexibility index (Phi) is 18.6. The molecule has 162 valence electrons. The molecular formula is C27H49N. The van der Waals surface area contributed by atoms with Crippen LogP contribution in [-0.2, 0) is 0 Å². The Labute approximate surface area is 177 Å². The van der Waals surface area contributed by atoms with Gasteiger partial charge in [-0.05, 0) is 25.0 Å². The van der Waals surface area contributed by atoms with E-state index in [0.717, 1.165) is 0 Å². The maximum Gasteiger partial charge on any atom is 0.00823 e. The molecule has 0 saturated carbocycles. The number of hydrogen-bond donors (Lipinski definition) is 0. The molecule has 1 aromatic rings. The van der Waals surface area contributed by atoms with Crippen LogP contribution in [0, 0.1) is 0 Å². The van der Waals surface area contributed by atoms with E-state index in [-0.39, 0.29) is 0 Å². The molecular weight excluding hydrogens is 338 g/mol. The Bertz CT molecular complexity index is 417. The van der Waals surface area contributed by atoms with Crippen molar-refractivity contribution in [2.75, 3.05) is 0 Å². The van der Waals surface area contributed by atoms with Crippen LogP contribution in [-0.4, -0.2) is 4.57 Å². The largest absolute Gasteiger partial charge is 0.331 e. The number of aromatic nitrogens is 1. The average molecular weight is 388 g/mol. The van der Waals surface area contributed by atoms with Gasteiger partial charge in [-0.15, -0.1) is 0 Å². The van der Waals surface area contributed by atoms with Gasteiger partial charge in [-0.1, -0.05) is 129 Å². The van der Waals surface area contributed by atoms with Crippen LogP contribution in [0.2, 0.25) is 0 Å². The van der Waals surface area contributed by atoms with Crippen molar-refractivity contribution in [2.24, 2.45) is 0 Å². The van der Waals surface area contributed by atoms with E-state index >= 15 is 0 Å². The Morgan fingerprint density at radius 1 is 0.500 bits per heavy atom. The Balaban J connectivity index is 1.67. The summed E-state index contributed by atoms with van der Waals surface area (Å²) in [4.78, 5) is 0. The van der Waals surface area contributed by atoms with Gasteiger partial charge in [0.2, 0.25) is 0 Å². The van der Waals surface area contributed by atoms with Crippen molar-refractivity contribution < 1.29 is 0 Å². The fraction of sp³-hybridized carbons (Fsp3) is 0.778. The second kappa shape index (κ2) is 20.7. The molecule has 0 amide bonds. The topological polar surface area (TPSA) is 4.93 Å². The molecule has 0 bridgehead atoms. The minimum absolute atomic E-state index is 1.22. The molecule has 1 heteroatoms. The summed E-state index contributed by atoms with van der Waals surface area (Å²) in [7, 11) is 0. The van der Waals surface area contributed by atoms with Crippen molar-refractivity contribution in [3.63, 3.8) is 0 Å². The van der Waals surface area contributed by atoms with E-state index in [4.69, 9.17) is 0 Å².